The molecule has 61 heavy (non-hydrogen) atoms. The van der Waals surface area contributed by atoms with Crippen molar-refractivity contribution in [1.29, 1.82) is 0 Å². The van der Waals surface area contributed by atoms with E-state index in [1.54, 1.807) is 6.07 Å². The highest BCUT2D eigenvalue weighted by molar-refractivity contribution is 7.16. The number of rotatable bonds is 22. The van der Waals surface area contributed by atoms with Crippen molar-refractivity contribution in [3.8, 4) is 16.9 Å². The Morgan fingerprint density at radius 3 is 2.48 bits per heavy atom. The number of aromatic hydroxyl groups is 1. The summed E-state index contributed by atoms with van der Waals surface area (Å²) in [7, 11) is 2.28. The summed E-state index contributed by atoms with van der Waals surface area (Å²) in [5.74, 6) is 0.901. The van der Waals surface area contributed by atoms with Gasteiger partial charge < -0.3 is 40.9 Å². The summed E-state index contributed by atoms with van der Waals surface area (Å²) in [4.78, 5) is 19.5. The summed E-state index contributed by atoms with van der Waals surface area (Å²) in [6, 6.07) is 31.9. The van der Waals surface area contributed by atoms with E-state index in [4.69, 9.17) is 0 Å². The van der Waals surface area contributed by atoms with Crippen LogP contribution in [0.5, 0.6) is 5.75 Å². The molecule has 1 saturated heterocycles. The molecule has 326 valence electrons. The molecule has 0 radical (unpaired) electrons. The van der Waals surface area contributed by atoms with Gasteiger partial charge in [0.25, 0.3) is 0 Å². The standard InChI is InChI=1S/C51H68N6O3S/c1-36(53-42-21-19-39(20-22-42)34-52-35-47(59)44-23-24-46(58)48-49(44)61-50(60)55-48)12-10-11-28-56(4)38(3)25-29-57-30-26-51(27-31-57)32-40(33-51)18-17-37(2)54-45-16-9-8-15-43(45)41-13-6-5-7-14-41/h5-9,13-16,19-24,37-38,40,47,52-54,58-59H,1,10-12,17-18,25-35H2,2-4H3,(H,55,60)/t37?,38?,47-/m0/s1. The van der Waals surface area contributed by atoms with Gasteiger partial charge in [-0.1, -0.05) is 84.6 Å². The molecule has 0 bridgehead atoms. The molecule has 1 aromatic heterocycles. The SMILES string of the molecule is C=C(CCCCN(C)C(C)CCN1CCC2(CC1)CC(CCC(C)Nc1ccccc1-c1ccccc1)C2)Nc1ccc(CNC[C@H](O)c2ccc(O)c3[nH]c(=O)sc23)cc1. The molecule has 1 spiro atoms. The number of benzene rings is 4. The number of aromatic amines is 1. The number of phenolic OH excluding ortho intramolecular Hbond substituents is 1. The summed E-state index contributed by atoms with van der Waals surface area (Å²) in [6.07, 6.45) is 11.8. The van der Waals surface area contributed by atoms with Gasteiger partial charge in [0.1, 0.15) is 11.3 Å². The minimum Gasteiger partial charge on any atom is -0.506 e. The molecule has 2 unspecified atom stereocenters. The van der Waals surface area contributed by atoms with Crippen LogP contribution in [0.25, 0.3) is 21.3 Å². The smallest absolute Gasteiger partial charge is 0.305 e. The molecule has 7 rings (SSSR count). The fourth-order valence-corrected chi connectivity index (χ4v) is 10.5. The van der Waals surface area contributed by atoms with Crippen LogP contribution in [0.4, 0.5) is 11.4 Å². The fourth-order valence-electron chi connectivity index (χ4n) is 9.58. The van der Waals surface area contributed by atoms with Crippen LogP contribution >= 0.6 is 11.3 Å². The molecule has 2 aliphatic rings. The summed E-state index contributed by atoms with van der Waals surface area (Å²) >= 11 is 0.997. The number of piperidine rings is 1. The lowest BCUT2D eigenvalue weighted by Gasteiger charge is -2.53. The molecule has 5 aromatic rings. The number of phenols is 1. The van der Waals surface area contributed by atoms with E-state index in [0.717, 1.165) is 60.0 Å². The minimum atomic E-state index is -0.805. The number of unbranched alkanes of at least 4 members (excludes halogenated alkanes) is 1. The van der Waals surface area contributed by atoms with Crippen molar-refractivity contribution < 1.29 is 10.2 Å². The summed E-state index contributed by atoms with van der Waals surface area (Å²) in [6.45, 7) is 14.8. The van der Waals surface area contributed by atoms with Crippen molar-refractivity contribution in [3.05, 3.63) is 124 Å². The molecule has 4 aromatic carbocycles. The molecule has 1 aliphatic carbocycles. The van der Waals surface area contributed by atoms with Gasteiger partial charge in [-0.25, -0.2) is 0 Å². The topological polar surface area (TPSA) is 116 Å². The quantitative estimate of drug-likeness (QED) is 0.0382. The van der Waals surface area contributed by atoms with Crippen LogP contribution in [0.3, 0.4) is 0 Å². The molecule has 6 N–H and O–H groups in total. The number of aliphatic hydroxyl groups is 1. The van der Waals surface area contributed by atoms with Gasteiger partial charge in [-0.3, -0.25) is 4.79 Å². The van der Waals surface area contributed by atoms with E-state index in [2.05, 4.69) is 137 Å². The number of fused-ring (bicyclic) bond motifs is 1. The van der Waals surface area contributed by atoms with E-state index in [9.17, 15) is 15.0 Å². The lowest BCUT2D eigenvalue weighted by Crippen LogP contribution is -2.48. The molecule has 1 aliphatic heterocycles. The van der Waals surface area contributed by atoms with E-state index in [0.29, 0.717) is 46.4 Å². The number of nitrogens with one attached hydrogen (secondary N) is 4. The number of likely N-dealkylation sites (tertiary alicyclic amines) is 1. The number of hydrogen-bond donors (Lipinski definition) is 6. The lowest BCUT2D eigenvalue weighted by molar-refractivity contribution is -0.0182. The Labute approximate surface area is 367 Å². The third-order valence-electron chi connectivity index (χ3n) is 13.5. The van der Waals surface area contributed by atoms with Gasteiger partial charge >= 0.3 is 4.87 Å². The van der Waals surface area contributed by atoms with Crippen LogP contribution in [-0.2, 0) is 6.54 Å². The molecule has 1 saturated carbocycles. The van der Waals surface area contributed by atoms with E-state index in [-0.39, 0.29) is 10.6 Å². The minimum absolute atomic E-state index is 0.00755. The highest BCUT2D eigenvalue weighted by atomic mass is 32.1. The van der Waals surface area contributed by atoms with Gasteiger partial charge in [0, 0.05) is 53.4 Å². The first-order valence-electron chi connectivity index (χ1n) is 22.6. The van der Waals surface area contributed by atoms with Gasteiger partial charge in [-0.05, 0) is 158 Å². The van der Waals surface area contributed by atoms with E-state index >= 15 is 0 Å². The van der Waals surface area contributed by atoms with Gasteiger partial charge in [0.2, 0.25) is 0 Å². The third kappa shape index (κ3) is 12.1. The largest absolute Gasteiger partial charge is 0.506 e. The molecule has 0 amide bonds. The zero-order chi connectivity index (χ0) is 42.8. The highest BCUT2D eigenvalue weighted by Gasteiger charge is 2.45. The Balaban J connectivity index is 0.713. The van der Waals surface area contributed by atoms with Gasteiger partial charge in [-0.2, -0.15) is 0 Å². The van der Waals surface area contributed by atoms with Crippen LogP contribution in [0.1, 0.15) is 95.3 Å². The van der Waals surface area contributed by atoms with Gasteiger partial charge in [0.05, 0.1) is 10.8 Å². The summed E-state index contributed by atoms with van der Waals surface area (Å²) in [5, 5.41) is 31.4. The number of H-pyrrole nitrogens is 1. The second-order valence-corrected chi connectivity index (χ2v) is 19.2. The molecule has 2 fully saturated rings. The maximum Gasteiger partial charge on any atom is 0.305 e. The highest BCUT2D eigenvalue weighted by Crippen LogP contribution is 2.54. The maximum absolute atomic E-state index is 11.8. The lowest BCUT2D eigenvalue weighted by atomic mass is 9.56. The average molecular weight is 845 g/mol. The summed E-state index contributed by atoms with van der Waals surface area (Å²) in [5.41, 5.74) is 8.57. The maximum atomic E-state index is 11.8. The van der Waals surface area contributed by atoms with Crippen LogP contribution < -0.4 is 20.8 Å². The molecular weight excluding hydrogens is 777 g/mol. The first kappa shape index (κ1) is 44.6. The van der Waals surface area contributed by atoms with Crippen LogP contribution in [0.2, 0.25) is 0 Å². The van der Waals surface area contributed by atoms with Crippen LogP contribution in [-0.4, -0.2) is 76.9 Å². The van der Waals surface area contributed by atoms with Gasteiger partial charge in [-0.15, -0.1) is 0 Å². The van der Waals surface area contributed by atoms with Crippen molar-refractivity contribution in [3.63, 3.8) is 0 Å². The Bertz CT molecular complexity index is 2210. The van der Waals surface area contributed by atoms with Crippen molar-refractivity contribution >= 4 is 32.9 Å². The zero-order valence-corrected chi connectivity index (χ0v) is 37.4. The predicted molar refractivity (Wildman–Crippen MR) is 256 cm³/mol. The van der Waals surface area contributed by atoms with E-state index in [1.165, 1.54) is 87.5 Å². The number of aliphatic hydroxyl groups excluding tert-OH is 1. The molecule has 9 nitrogen and oxygen atoms in total. The van der Waals surface area contributed by atoms with Crippen LogP contribution in [0, 0.1) is 11.3 Å². The number of aromatic nitrogens is 1. The Hall–Kier alpha value is -4.45. The number of hydrogen-bond acceptors (Lipinski definition) is 9. The Morgan fingerprint density at radius 1 is 0.967 bits per heavy atom. The number of thiazole rings is 1. The molecule has 3 atom stereocenters. The van der Waals surface area contributed by atoms with E-state index in [1.807, 2.05) is 0 Å². The predicted octanol–water partition coefficient (Wildman–Crippen LogP) is 10.4. The van der Waals surface area contributed by atoms with Crippen LogP contribution in [0.15, 0.2) is 108 Å². The number of anilines is 2. The van der Waals surface area contributed by atoms with E-state index < -0.39 is 6.10 Å². The van der Waals surface area contributed by atoms with Gasteiger partial charge in [0.15, 0.2) is 0 Å². The second kappa shape index (κ2) is 21.1. The average Bonchev–Trinajstić information content (AvgIpc) is 3.66. The van der Waals surface area contributed by atoms with Crippen molar-refractivity contribution in [2.45, 2.75) is 103 Å². The number of para-hydroxylation sites is 1. The third-order valence-corrected chi connectivity index (χ3v) is 14.5. The molecule has 2 heterocycles. The number of allylic oxidation sites excluding steroid dienone is 1. The Morgan fingerprint density at radius 2 is 1.70 bits per heavy atom. The first-order chi connectivity index (χ1) is 29.5. The van der Waals surface area contributed by atoms with Crippen molar-refractivity contribution in [1.82, 2.24) is 20.1 Å². The monoisotopic (exact) mass is 845 g/mol. The molecular formula is C51H68N6O3S. The first-order valence-corrected chi connectivity index (χ1v) is 23.5. The second-order valence-electron chi connectivity index (χ2n) is 18.2. The fraction of sp³-hybridized carbons (Fsp3) is 0.471. The summed E-state index contributed by atoms with van der Waals surface area (Å²) < 4.78 is 0.586. The van der Waals surface area contributed by atoms with Crippen molar-refractivity contribution in [2.75, 3.05) is 50.4 Å². The zero-order valence-electron chi connectivity index (χ0n) is 36.6. The Kier molecular flexibility index (Phi) is 15.4. The van der Waals surface area contributed by atoms with Crippen molar-refractivity contribution in [2.24, 2.45) is 11.3 Å². The normalized spacial score (nSPS) is 17.0. The number of nitrogens with zero attached hydrogens (tertiary/aromatic N) is 2. The molecule has 10 heteroatoms.